The van der Waals surface area contributed by atoms with Crippen LogP contribution in [0, 0.1) is 0 Å². The van der Waals surface area contributed by atoms with E-state index in [4.69, 9.17) is 4.74 Å². The summed E-state index contributed by atoms with van der Waals surface area (Å²) in [5, 5.41) is 38.5. The molecule has 3 aliphatic heterocycles. The highest BCUT2D eigenvalue weighted by molar-refractivity contribution is 6.39. The molecule has 12 nitrogen and oxygen atoms in total. The van der Waals surface area contributed by atoms with Crippen LogP contribution < -0.4 is 5.32 Å². The summed E-state index contributed by atoms with van der Waals surface area (Å²) in [6.45, 7) is -0.376. The van der Waals surface area contributed by atoms with E-state index in [2.05, 4.69) is 10.3 Å². The molecule has 0 aliphatic carbocycles. The van der Waals surface area contributed by atoms with Crippen molar-refractivity contribution in [2.24, 2.45) is 0 Å². The molecule has 2 aromatic heterocycles. The molecule has 0 saturated carbocycles. The van der Waals surface area contributed by atoms with Crippen LogP contribution >= 0.6 is 0 Å². The lowest BCUT2D eigenvalue weighted by atomic mass is 9.94. The van der Waals surface area contributed by atoms with Gasteiger partial charge in [-0.15, -0.1) is 0 Å². The van der Waals surface area contributed by atoms with Gasteiger partial charge in [-0.2, -0.15) is 0 Å². The first-order chi connectivity index (χ1) is 22.7. The van der Waals surface area contributed by atoms with Crippen LogP contribution in [0.2, 0.25) is 0 Å². The summed E-state index contributed by atoms with van der Waals surface area (Å²) in [5.41, 5.74) is 3.55. The number of imide groups is 2. The second-order valence-corrected chi connectivity index (χ2v) is 12.2. The number of aromatic amines is 1. The van der Waals surface area contributed by atoms with Gasteiger partial charge in [0.15, 0.2) is 6.23 Å². The van der Waals surface area contributed by atoms with E-state index in [0.29, 0.717) is 54.7 Å². The van der Waals surface area contributed by atoms with Gasteiger partial charge < -0.3 is 29.6 Å². The molecule has 5 heterocycles. The molecule has 5 N–H and O–H groups in total. The second kappa shape index (κ2) is 9.80. The fraction of sp³-hybridized carbons (Fsp3) is 0.200. The van der Waals surface area contributed by atoms with E-state index in [9.17, 15) is 34.5 Å². The summed E-state index contributed by atoms with van der Waals surface area (Å²) < 4.78 is 8.05. The van der Waals surface area contributed by atoms with Crippen molar-refractivity contribution in [2.75, 3.05) is 6.54 Å². The Balaban J connectivity index is 1.26. The Labute approximate surface area is 264 Å². The van der Waals surface area contributed by atoms with Crippen molar-refractivity contribution in [2.45, 2.75) is 37.1 Å². The maximum absolute atomic E-state index is 13.4. The average molecular weight is 631 g/mol. The van der Waals surface area contributed by atoms with Crippen LogP contribution in [0.15, 0.2) is 72.8 Å². The number of benzene rings is 4. The normalized spacial score (nSPS) is 24.5. The molecule has 4 amide bonds. The fourth-order valence-corrected chi connectivity index (χ4v) is 7.60. The van der Waals surface area contributed by atoms with Crippen LogP contribution in [0.5, 0.6) is 0 Å². The molecule has 1 saturated heterocycles. The summed E-state index contributed by atoms with van der Waals surface area (Å²) in [5.74, 6) is -2.12. The number of amides is 4. The number of aliphatic hydroxyl groups excluding tert-OH is 3. The number of hydrogen-bond donors (Lipinski definition) is 5. The number of fused-ring (bicyclic) bond motifs is 11. The van der Waals surface area contributed by atoms with E-state index >= 15 is 0 Å². The van der Waals surface area contributed by atoms with Gasteiger partial charge in [0.05, 0.1) is 40.6 Å². The van der Waals surface area contributed by atoms with Crippen LogP contribution in [0.4, 0.5) is 0 Å². The van der Waals surface area contributed by atoms with Crippen LogP contribution in [-0.2, 0) is 16.0 Å². The molecule has 3 aliphatic rings. The van der Waals surface area contributed by atoms with Crippen LogP contribution in [0.3, 0.4) is 0 Å². The fourth-order valence-electron chi connectivity index (χ4n) is 7.60. The van der Waals surface area contributed by atoms with Gasteiger partial charge in [0.25, 0.3) is 17.7 Å². The zero-order valence-corrected chi connectivity index (χ0v) is 24.5. The van der Waals surface area contributed by atoms with Crippen LogP contribution in [-0.4, -0.2) is 84.4 Å². The Bertz CT molecular complexity index is 2390. The standard InChI is InChI=1S/C35H26N4O8/c40-22-13-15-7-1-2-8-16(15)34(46)38(22)14-21-29(41)30(42)31(43)35(47-21)39-20-12-6-4-10-18(20)24-26-25(32(44)37-33(26)45)23-17-9-3-5-11-19(17)36-27(23)28(24)39/h1-12,21,29-31,35-36,41-43H,13-14H2,(H,37,44,45)/t21-,29-,30+,31-,35-/m1/s1. The van der Waals surface area contributed by atoms with Crippen LogP contribution in [0.25, 0.3) is 43.6 Å². The summed E-state index contributed by atoms with van der Waals surface area (Å²) in [6.07, 6.45) is -7.70. The number of aromatic nitrogens is 2. The number of nitrogens with one attached hydrogen (secondary N) is 2. The number of nitrogens with zero attached hydrogens (tertiary/aromatic N) is 2. The highest BCUT2D eigenvalue weighted by Gasteiger charge is 2.48. The number of carbonyl (C=O) groups excluding carboxylic acids is 4. The van der Waals surface area contributed by atoms with Crippen molar-refractivity contribution in [1.82, 2.24) is 19.8 Å². The molecule has 5 atom stereocenters. The van der Waals surface area contributed by atoms with E-state index in [1.54, 1.807) is 53.1 Å². The minimum Gasteiger partial charge on any atom is -0.388 e. The smallest absolute Gasteiger partial charge is 0.260 e. The Morgan fingerprint density at radius 1 is 0.766 bits per heavy atom. The lowest BCUT2D eigenvalue weighted by Crippen LogP contribution is -2.59. The van der Waals surface area contributed by atoms with Gasteiger partial charge in [-0.05, 0) is 23.8 Å². The number of rotatable bonds is 3. The topological polar surface area (TPSA) is 174 Å². The van der Waals surface area contributed by atoms with Gasteiger partial charge in [0, 0.05) is 32.6 Å². The second-order valence-electron chi connectivity index (χ2n) is 12.2. The Morgan fingerprint density at radius 2 is 1.45 bits per heavy atom. The summed E-state index contributed by atoms with van der Waals surface area (Å²) >= 11 is 0. The molecule has 0 radical (unpaired) electrons. The molecule has 47 heavy (non-hydrogen) atoms. The van der Waals surface area contributed by atoms with Gasteiger partial charge in [0.1, 0.15) is 24.4 Å². The van der Waals surface area contributed by atoms with Crippen molar-refractivity contribution in [3.8, 4) is 0 Å². The predicted octanol–water partition coefficient (Wildman–Crippen LogP) is 2.52. The Kier molecular flexibility index (Phi) is 5.81. The third-order valence-corrected chi connectivity index (χ3v) is 9.72. The van der Waals surface area contributed by atoms with E-state index in [0.717, 1.165) is 4.90 Å². The minimum absolute atomic E-state index is 0.0174. The molecule has 1 fully saturated rings. The lowest BCUT2D eigenvalue weighted by Gasteiger charge is -2.43. The SMILES string of the molecule is O=C1NC(=O)c2c1c1c3ccccc3[nH]c1c1c2c2ccccc2n1[C@@H]1O[C@H](CN2C(=O)Cc3ccccc3C2=O)[C@@H](O)[C@H](O)[C@H]1O. The first kappa shape index (κ1) is 27.9. The van der Waals surface area contributed by atoms with Gasteiger partial charge in [0.2, 0.25) is 5.91 Å². The third-order valence-electron chi connectivity index (χ3n) is 9.72. The molecule has 0 spiro atoms. The first-order valence-corrected chi connectivity index (χ1v) is 15.2. The summed E-state index contributed by atoms with van der Waals surface area (Å²) in [6, 6.07) is 21.3. The Morgan fingerprint density at radius 3 is 2.26 bits per heavy atom. The molecule has 0 unspecified atom stereocenters. The van der Waals surface area contributed by atoms with E-state index in [1.807, 2.05) is 24.3 Å². The van der Waals surface area contributed by atoms with Gasteiger partial charge >= 0.3 is 0 Å². The number of para-hydroxylation sites is 2. The first-order valence-electron chi connectivity index (χ1n) is 15.2. The summed E-state index contributed by atoms with van der Waals surface area (Å²) in [4.78, 5) is 57.6. The minimum atomic E-state index is -1.73. The highest BCUT2D eigenvalue weighted by atomic mass is 16.5. The zero-order valence-electron chi connectivity index (χ0n) is 24.5. The van der Waals surface area contributed by atoms with Crippen molar-refractivity contribution in [3.63, 3.8) is 0 Å². The average Bonchev–Trinajstić information content (AvgIpc) is 3.71. The monoisotopic (exact) mass is 630 g/mol. The Hall–Kier alpha value is -5.40. The van der Waals surface area contributed by atoms with Crippen molar-refractivity contribution < 1.29 is 39.2 Å². The number of carbonyl (C=O) groups is 4. The maximum Gasteiger partial charge on any atom is 0.260 e. The zero-order chi connectivity index (χ0) is 32.3. The highest BCUT2D eigenvalue weighted by Crippen LogP contribution is 2.46. The largest absolute Gasteiger partial charge is 0.388 e. The molecule has 0 bridgehead atoms. The summed E-state index contributed by atoms with van der Waals surface area (Å²) in [7, 11) is 0. The van der Waals surface area contributed by atoms with Gasteiger partial charge in [-0.25, -0.2) is 0 Å². The number of ether oxygens (including phenoxy) is 1. The third kappa shape index (κ3) is 3.72. The lowest BCUT2D eigenvalue weighted by molar-refractivity contribution is -0.244. The quantitative estimate of drug-likeness (QED) is 0.186. The molecular formula is C35H26N4O8. The molecule has 12 heteroatoms. The van der Waals surface area contributed by atoms with Crippen molar-refractivity contribution in [3.05, 3.63) is 95.1 Å². The molecule has 234 valence electrons. The number of hydrogen-bond acceptors (Lipinski definition) is 8. The van der Waals surface area contributed by atoms with Gasteiger partial charge in [-0.3, -0.25) is 29.4 Å². The van der Waals surface area contributed by atoms with E-state index < -0.39 is 54.3 Å². The molecular weight excluding hydrogens is 604 g/mol. The predicted molar refractivity (Wildman–Crippen MR) is 169 cm³/mol. The maximum atomic E-state index is 13.4. The van der Waals surface area contributed by atoms with Crippen molar-refractivity contribution in [1.29, 1.82) is 0 Å². The van der Waals surface area contributed by atoms with E-state index in [-0.39, 0.29) is 24.1 Å². The van der Waals surface area contributed by atoms with Gasteiger partial charge in [-0.1, -0.05) is 54.6 Å². The van der Waals surface area contributed by atoms with Crippen molar-refractivity contribution >= 4 is 67.2 Å². The van der Waals surface area contributed by atoms with Crippen LogP contribution in [0.1, 0.15) is 42.9 Å². The molecule has 9 rings (SSSR count). The number of aliphatic hydroxyl groups is 3. The molecule has 6 aromatic rings. The van der Waals surface area contributed by atoms with E-state index in [1.165, 1.54) is 0 Å². The number of H-pyrrole nitrogens is 1. The molecule has 4 aromatic carbocycles.